The fraction of sp³-hybridized carbons (Fsp3) is 0. The van der Waals surface area contributed by atoms with E-state index in [1.165, 1.54) is 12.1 Å². The minimum absolute atomic E-state index is 0.168. The smallest absolute Gasteiger partial charge is 0.222 e. The van der Waals surface area contributed by atoms with E-state index in [1.54, 1.807) is 18.3 Å². The van der Waals surface area contributed by atoms with E-state index in [2.05, 4.69) is 10.1 Å². The van der Waals surface area contributed by atoms with E-state index in [9.17, 15) is 4.39 Å². The van der Waals surface area contributed by atoms with Crippen LogP contribution in [0, 0.1) is 5.82 Å². The Balaban J connectivity index is 2.26. The van der Waals surface area contributed by atoms with Crippen molar-refractivity contribution in [1.29, 1.82) is 0 Å². The molecule has 3 rings (SSSR count). The van der Waals surface area contributed by atoms with Crippen molar-refractivity contribution in [2.75, 3.05) is 5.73 Å². The molecule has 2 aromatic heterocycles. The SMILES string of the molecule is Nc1cc(-c2cc3[nH]ccc3cc2F)no1. The number of hydrogen-bond donors (Lipinski definition) is 2. The van der Waals surface area contributed by atoms with Crippen molar-refractivity contribution >= 4 is 16.8 Å². The Hall–Kier alpha value is -2.30. The number of aromatic nitrogens is 2. The lowest BCUT2D eigenvalue weighted by Gasteiger charge is -1.98. The summed E-state index contributed by atoms with van der Waals surface area (Å²) in [6.07, 6.45) is 1.76. The first kappa shape index (κ1) is 8.96. The van der Waals surface area contributed by atoms with Crippen LogP contribution in [0.4, 0.5) is 10.3 Å². The number of nitrogens with zero attached hydrogens (tertiary/aromatic N) is 1. The van der Waals surface area contributed by atoms with Crippen LogP contribution in [-0.2, 0) is 0 Å². The van der Waals surface area contributed by atoms with Crippen molar-refractivity contribution in [3.8, 4) is 11.3 Å². The van der Waals surface area contributed by atoms with Gasteiger partial charge in [-0.2, -0.15) is 0 Å². The molecule has 0 aliphatic heterocycles. The van der Waals surface area contributed by atoms with E-state index in [1.807, 2.05) is 0 Å². The number of fused-ring (bicyclic) bond motifs is 1. The number of halogens is 1. The third-order valence-electron chi connectivity index (χ3n) is 2.45. The Kier molecular flexibility index (Phi) is 1.73. The van der Waals surface area contributed by atoms with Gasteiger partial charge in [0.2, 0.25) is 5.88 Å². The molecule has 1 aromatic carbocycles. The number of nitrogen functional groups attached to an aromatic ring is 1. The van der Waals surface area contributed by atoms with Crippen LogP contribution >= 0.6 is 0 Å². The maximum absolute atomic E-state index is 13.8. The zero-order chi connectivity index (χ0) is 11.1. The molecule has 0 fully saturated rings. The van der Waals surface area contributed by atoms with E-state index in [0.29, 0.717) is 11.3 Å². The molecule has 0 atom stereocenters. The molecule has 0 aliphatic rings. The van der Waals surface area contributed by atoms with E-state index in [0.717, 1.165) is 10.9 Å². The van der Waals surface area contributed by atoms with Crippen molar-refractivity contribution < 1.29 is 8.91 Å². The highest BCUT2D eigenvalue weighted by molar-refractivity contribution is 5.84. The van der Waals surface area contributed by atoms with E-state index < -0.39 is 0 Å². The van der Waals surface area contributed by atoms with Crippen molar-refractivity contribution in [3.05, 3.63) is 36.3 Å². The summed E-state index contributed by atoms with van der Waals surface area (Å²) in [5, 5.41) is 4.50. The van der Waals surface area contributed by atoms with Crippen molar-refractivity contribution in [2.24, 2.45) is 0 Å². The minimum atomic E-state index is -0.347. The highest BCUT2D eigenvalue weighted by Crippen LogP contribution is 2.27. The lowest BCUT2D eigenvalue weighted by Crippen LogP contribution is -1.84. The van der Waals surface area contributed by atoms with Crippen molar-refractivity contribution in [1.82, 2.24) is 10.1 Å². The van der Waals surface area contributed by atoms with Gasteiger partial charge in [-0.05, 0) is 18.2 Å². The van der Waals surface area contributed by atoms with Gasteiger partial charge in [0.25, 0.3) is 0 Å². The molecule has 4 nitrogen and oxygen atoms in total. The van der Waals surface area contributed by atoms with Gasteiger partial charge in [0.05, 0.1) is 0 Å². The molecule has 0 aliphatic carbocycles. The standard InChI is InChI=1S/C11H8FN3O/c12-8-3-6-1-2-14-9(6)4-7(8)10-5-11(13)16-15-10/h1-5,14H,13H2. The molecule has 2 heterocycles. The fourth-order valence-electron chi connectivity index (χ4n) is 1.69. The Morgan fingerprint density at radius 3 is 2.94 bits per heavy atom. The number of nitrogens with two attached hydrogens (primary N) is 1. The van der Waals surface area contributed by atoms with Gasteiger partial charge in [0.1, 0.15) is 11.5 Å². The first-order valence-corrected chi connectivity index (χ1v) is 4.73. The van der Waals surface area contributed by atoms with Gasteiger partial charge in [0.15, 0.2) is 0 Å². The second-order valence-electron chi connectivity index (χ2n) is 3.51. The van der Waals surface area contributed by atoms with Crippen LogP contribution < -0.4 is 5.73 Å². The van der Waals surface area contributed by atoms with Gasteiger partial charge in [0, 0.05) is 28.7 Å². The van der Waals surface area contributed by atoms with E-state index in [4.69, 9.17) is 10.3 Å². The number of hydrogen-bond acceptors (Lipinski definition) is 3. The molecule has 0 bridgehead atoms. The van der Waals surface area contributed by atoms with Gasteiger partial charge >= 0.3 is 0 Å². The second kappa shape index (κ2) is 3.10. The van der Waals surface area contributed by atoms with Gasteiger partial charge < -0.3 is 15.2 Å². The highest BCUT2D eigenvalue weighted by atomic mass is 19.1. The molecule has 0 amide bonds. The Labute approximate surface area is 89.9 Å². The zero-order valence-corrected chi connectivity index (χ0v) is 8.20. The summed E-state index contributed by atoms with van der Waals surface area (Å²) in [4.78, 5) is 3.01. The van der Waals surface area contributed by atoms with Gasteiger partial charge in [-0.15, -0.1) is 0 Å². The number of anilines is 1. The third kappa shape index (κ3) is 1.25. The molecule has 0 saturated carbocycles. The molecule has 80 valence electrons. The average molecular weight is 217 g/mol. The maximum atomic E-state index is 13.8. The van der Waals surface area contributed by atoms with Gasteiger partial charge in [-0.3, -0.25) is 0 Å². The van der Waals surface area contributed by atoms with Crippen LogP contribution in [0.3, 0.4) is 0 Å². The number of H-pyrrole nitrogens is 1. The lowest BCUT2D eigenvalue weighted by molar-refractivity contribution is 0.438. The second-order valence-corrected chi connectivity index (χ2v) is 3.51. The van der Waals surface area contributed by atoms with Crippen molar-refractivity contribution in [3.63, 3.8) is 0 Å². The minimum Gasteiger partial charge on any atom is -0.368 e. The zero-order valence-electron chi connectivity index (χ0n) is 8.20. The normalized spacial score (nSPS) is 11.1. The molecule has 0 spiro atoms. The summed E-state index contributed by atoms with van der Waals surface area (Å²) < 4.78 is 18.5. The summed E-state index contributed by atoms with van der Waals surface area (Å²) in [7, 11) is 0. The van der Waals surface area contributed by atoms with Crippen LogP contribution in [0.1, 0.15) is 0 Å². The largest absolute Gasteiger partial charge is 0.368 e. The van der Waals surface area contributed by atoms with Crippen LogP contribution in [0.2, 0.25) is 0 Å². The van der Waals surface area contributed by atoms with E-state index in [-0.39, 0.29) is 11.7 Å². The molecular formula is C11H8FN3O. The number of aromatic amines is 1. The van der Waals surface area contributed by atoms with Crippen molar-refractivity contribution in [2.45, 2.75) is 0 Å². The van der Waals surface area contributed by atoms with Crippen LogP contribution in [0.5, 0.6) is 0 Å². The summed E-state index contributed by atoms with van der Waals surface area (Å²) in [6.45, 7) is 0. The summed E-state index contributed by atoms with van der Waals surface area (Å²) in [5.74, 6) is -0.179. The summed E-state index contributed by atoms with van der Waals surface area (Å²) >= 11 is 0. The predicted octanol–water partition coefficient (Wildman–Crippen LogP) is 2.54. The average Bonchev–Trinajstić information content (AvgIpc) is 2.84. The number of benzene rings is 1. The molecule has 16 heavy (non-hydrogen) atoms. The third-order valence-corrected chi connectivity index (χ3v) is 2.45. The monoisotopic (exact) mass is 217 g/mol. The highest BCUT2D eigenvalue weighted by Gasteiger charge is 2.11. The lowest BCUT2D eigenvalue weighted by atomic mass is 10.1. The van der Waals surface area contributed by atoms with Crippen LogP contribution in [-0.4, -0.2) is 10.1 Å². The summed E-state index contributed by atoms with van der Waals surface area (Å²) in [5.41, 5.74) is 7.01. The Morgan fingerprint density at radius 2 is 2.19 bits per heavy atom. The fourth-order valence-corrected chi connectivity index (χ4v) is 1.69. The van der Waals surface area contributed by atoms with Gasteiger partial charge in [-0.1, -0.05) is 5.16 Å². The van der Waals surface area contributed by atoms with E-state index >= 15 is 0 Å². The Morgan fingerprint density at radius 1 is 1.31 bits per heavy atom. The molecule has 3 N–H and O–H groups in total. The molecule has 0 unspecified atom stereocenters. The molecule has 3 aromatic rings. The predicted molar refractivity (Wildman–Crippen MR) is 58.2 cm³/mol. The first-order chi connectivity index (χ1) is 7.74. The quantitative estimate of drug-likeness (QED) is 0.658. The molecule has 0 radical (unpaired) electrons. The summed E-state index contributed by atoms with van der Waals surface area (Å²) in [6, 6.07) is 6.43. The number of rotatable bonds is 1. The molecule has 5 heteroatoms. The first-order valence-electron chi connectivity index (χ1n) is 4.73. The van der Waals surface area contributed by atoms with Crippen LogP contribution in [0.25, 0.3) is 22.2 Å². The maximum Gasteiger partial charge on any atom is 0.222 e. The van der Waals surface area contributed by atoms with Crippen LogP contribution in [0.15, 0.2) is 35.0 Å². The molecular weight excluding hydrogens is 209 g/mol. The number of nitrogens with one attached hydrogen (secondary N) is 1. The van der Waals surface area contributed by atoms with Gasteiger partial charge in [-0.25, -0.2) is 4.39 Å². The Bertz CT molecular complexity index is 656. The topological polar surface area (TPSA) is 67.8 Å². The molecule has 0 saturated heterocycles.